The Labute approximate surface area is 136 Å². The van der Waals surface area contributed by atoms with Crippen LogP contribution in [0.1, 0.15) is 17.3 Å². The fraction of sp³-hybridized carbons (Fsp3) is 0.125. The summed E-state index contributed by atoms with van der Waals surface area (Å²) in [6.45, 7) is 0. The Morgan fingerprint density at radius 2 is 1.95 bits per heavy atom. The minimum absolute atomic E-state index is 0.0340. The molecule has 3 rings (SSSR count). The Balaban J connectivity index is 1.78. The second-order valence-electron chi connectivity index (χ2n) is 4.70. The van der Waals surface area contributed by atoms with E-state index in [1.54, 1.807) is 17.5 Å². The minimum Gasteiger partial charge on any atom is -0.324 e. The van der Waals surface area contributed by atoms with Gasteiger partial charge in [0.15, 0.2) is 0 Å². The second-order valence-corrected chi connectivity index (χ2v) is 6.41. The van der Waals surface area contributed by atoms with Crippen LogP contribution in [0.5, 0.6) is 0 Å². The maximum absolute atomic E-state index is 6.24. The third kappa shape index (κ3) is 3.37. The van der Waals surface area contributed by atoms with Crippen LogP contribution in [0.3, 0.4) is 0 Å². The Bertz CT molecular complexity index is 727. The van der Waals surface area contributed by atoms with Crippen LogP contribution in [0.2, 0.25) is 0 Å². The van der Waals surface area contributed by atoms with Crippen molar-refractivity contribution in [2.24, 2.45) is 5.73 Å². The van der Waals surface area contributed by atoms with Gasteiger partial charge in [0.25, 0.3) is 0 Å². The lowest BCUT2D eigenvalue weighted by atomic mass is 10.0. The maximum Gasteiger partial charge on any atom is 0.143 e. The molecule has 21 heavy (non-hydrogen) atoms. The molecule has 1 atom stereocenters. The third-order valence-electron chi connectivity index (χ3n) is 3.17. The predicted octanol–water partition coefficient (Wildman–Crippen LogP) is 4.21. The summed E-state index contributed by atoms with van der Waals surface area (Å²) < 4.78 is 0.957. The molecule has 0 radical (unpaired) electrons. The molecule has 5 heteroatoms. The maximum atomic E-state index is 6.24. The lowest BCUT2D eigenvalue weighted by Crippen LogP contribution is -2.13. The van der Waals surface area contributed by atoms with Gasteiger partial charge >= 0.3 is 0 Å². The van der Waals surface area contributed by atoms with Crippen LogP contribution in [0.15, 0.2) is 58.5 Å². The van der Waals surface area contributed by atoms with E-state index < -0.39 is 0 Å². The fourth-order valence-corrected chi connectivity index (χ4v) is 3.51. The quantitative estimate of drug-likeness (QED) is 0.758. The lowest BCUT2D eigenvalue weighted by molar-refractivity contribution is 0.710. The van der Waals surface area contributed by atoms with E-state index in [9.17, 15) is 0 Å². The number of benzene rings is 1. The minimum atomic E-state index is -0.0340. The summed E-state index contributed by atoms with van der Waals surface area (Å²) in [6.07, 6.45) is 2.50. The van der Waals surface area contributed by atoms with E-state index in [2.05, 4.69) is 31.3 Å². The molecule has 0 saturated heterocycles. The topological polar surface area (TPSA) is 51.8 Å². The Kier molecular flexibility index (Phi) is 4.43. The first-order valence-corrected chi connectivity index (χ1v) is 8.27. The molecular formula is C16H14BrN3S. The first-order chi connectivity index (χ1) is 10.2. The monoisotopic (exact) mass is 359 g/mol. The Morgan fingerprint density at radius 3 is 2.71 bits per heavy atom. The number of halogens is 1. The highest BCUT2D eigenvalue weighted by Crippen LogP contribution is 2.29. The van der Waals surface area contributed by atoms with Gasteiger partial charge in [0.2, 0.25) is 0 Å². The largest absolute Gasteiger partial charge is 0.324 e. The highest BCUT2D eigenvalue weighted by Gasteiger charge is 2.12. The molecule has 2 heterocycles. The number of nitrogens with two attached hydrogens (primary N) is 1. The molecule has 106 valence electrons. The summed E-state index contributed by atoms with van der Waals surface area (Å²) in [4.78, 5) is 9.02. The molecule has 0 fully saturated rings. The van der Waals surface area contributed by atoms with Gasteiger partial charge in [-0.15, -0.1) is 11.3 Å². The first kappa shape index (κ1) is 14.4. The average Bonchev–Trinajstić information content (AvgIpc) is 2.97. The summed E-state index contributed by atoms with van der Waals surface area (Å²) in [7, 11) is 0. The van der Waals surface area contributed by atoms with Crippen molar-refractivity contribution in [2.75, 3.05) is 0 Å². The molecule has 3 nitrogen and oxygen atoms in total. The molecular weight excluding hydrogens is 346 g/mol. The van der Waals surface area contributed by atoms with Gasteiger partial charge in [-0.1, -0.05) is 30.3 Å². The zero-order valence-corrected chi connectivity index (χ0v) is 13.6. The van der Waals surface area contributed by atoms with E-state index in [0.29, 0.717) is 0 Å². The van der Waals surface area contributed by atoms with Crippen molar-refractivity contribution in [3.63, 3.8) is 0 Å². The van der Waals surface area contributed by atoms with E-state index in [0.717, 1.165) is 32.9 Å². The van der Waals surface area contributed by atoms with E-state index in [1.165, 1.54) is 0 Å². The number of hydrogen-bond acceptors (Lipinski definition) is 4. The van der Waals surface area contributed by atoms with Crippen molar-refractivity contribution in [3.8, 4) is 10.7 Å². The van der Waals surface area contributed by atoms with Crippen molar-refractivity contribution < 1.29 is 0 Å². The number of rotatable bonds is 4. The van der Waals surface area contributed by atoms with Crippen molar-refractivity contribution in [2.45, 2.75) is 12.5 Å². The van der Waals surface area contributed by atoms with Crippen molar-refractivity contribution >= 4 is 27.3 Å². The molecule has 3 aromatic rings. The fourth-order valence-electron chi connectivity index (χ4n) is 2.10. The van der Waals surface area contributed by atoms with Gasteiger partial charge in [-0.2, -0.15) is 0 Å². The SMILES string of the molecule is NC(Cc1csc(-c2ncccc2Br)n1)c1ccccc1. The van der Waals surface area contributed by atoms with Crippen LogP contribution in [-0.2, 0) is 6.42 Å². The molecule has 0 aliphatic carbocycles. The summed E-state index contributed by atoms with van der Waals surface area (Å²) in [5, 5.41) is 2.97. The van der Waals surface area contributed by atoms with Crippen molar-refractivity contribution in [1.82, 2.24) is 9.97 Å². The van der Waals surface area contributed by atoms with Gasteiger partial charge in [-0.3, -0.25) is 4.98 Å². The van der Waals surface area contributed by atoms with E-state index in [-0.39, 0.29) is 6.04 Å². The number of aromatic nitrogens is 2. The highest BCUT2D eigenvalue weighted by atomic mass is 79.9. The number of pyridine rings is 1. The Morgan fingerprint density at radius 1 is 1.14 bits per heavy atom. The standard InChI is InChI=1S/C16H14BrN3S/c17-13-7-4-8-19-15(13)16-20-12(10-21-16)9-14(18)11-5-2-1-3-6-11/h1-8,10,14H,9,18H2. The first-order valence-electron chi connectivity index (χ1n) is 6.60. The van der Waals surface area contributed by atoms with Crippen LogP contribution in [-0.4, -0.2) is 9.97 Å². The zero-order chi connectivity index (χ0) is 14.7. The molecule has 1 unspecified atom stereocenters. The van der Waals surface area contributed by atoms with Crippen LogP contribution in [0.25, 0.3) is 10.7 Å². The van der Waals surface area contributed by atoms with Crippen molar-refractivity contribution in [1.29, 1.82) is 0 Å². The smallest absolute Gasteiger partial charge is 0.143 e. The number of thiazole rings is 1. The van der Waals surface area contributed by atoms with E-state index >= 15 is 0 Å². The summed E-state index contributed by atoms with van der Waals surface area (Å²) >= 11 is 5.10. The van der Waals surface area contributed by atoms with Gasteiger partial charge < -0.3 is 5.73 Å². The summed E-state index contributed by atoms with van der Waals surface area (Å²) in [5.74, 6) is 0. The van der Waals surface area contributed by atoms with Gasteiger partial charge in [0.1, 0.15) is 10.7 Å². The van der Waals surface area contributed by atoms with E-state index in [4.69, 9.17) is 5.73 Å². The molecule has 0 amide bonds. The molecule has 0 saturated carbocycles. The zero-order valence-electron chi connectivity index (χ0n) is 11.2. The van der Waals surface area contributed by atoms with Crippen molar-refractivity contribution in [3.05, 3.63) is 69.8 Å². The van der Waals surface area contributed by atoms with Crippen LogP contribution in [0.4, 0.5) is 0 Å². The molecule has 2 aromatic heterocycles. The third-order valence-corrected chi connectivity index (χ3v) is 4.71. The Hall–Kier alpha value is -1.56. The molecule has 1 aromatic carbocycles. The molecule has 0 spiro atoms. The summed E-state index contributed by atoms with van der Waals surface area (Å²) in [6, 6.07) is 13.9. The number of nitrogens with zero attached hydrogens (tertiary/aromatic N) is 2. The lowest BCUT2D eigenvalue weighted by Gasteiger charge is -2.09. The van der Waals surface area contributed by atoms with E-state index in [1.807, 2.05) is 42.5 Å². The van der Waals surface area contributed by atoms with Crippen LogP contribution in [0, 0.1) is 0 Å². The summed E-state index contributed by atoms with van der Waals surface area (Å²) in [5.41, 5.74) is 9.26. The molecule has 0 aliphatic rings. The second kappa shape index (κ2) is 6.47. The highest BCUT2D eigenvalue weighted by molar-refractivity contribution is 9.10. The average molecular weight is 360 g/mol. The van der Waals surface area contributed by atoms with Gasteiger partial charge in [0, 0.05) is 28.5 Å². The number of hydrogen-bond donors (Lipinski definition) is 1. The van der Waals surface area contributed by atoms with Gasteiger partial charge in [0.05, 0.1) is 5.69 Å². The predicted molar refractivity (Wildman–Crippen MR) is 90.1 cm³/mol. The molecule has 2 N–H and O–H groups in total. The van der Waals surface area contributed by atoms with Gasteiger partial charge in [-0.25, -0.2) is 4.98 Å². The van der Waals surface area contributed by atoms with Crippen LogP contribution < -0.4 is 5.73 Å². The molecule has 0 bridgehead atoms. The van der Waals surface area contributed by atoms with Gasteiger partial charge in [-0.05, 0) is 33.6 Å². The van der Waals surface area contributed by atoms with Crippen LogP contribution >= 0.6 is 27.3 Å². The molecule has 0 aliphatic heterocycles. The normalized spacial score (nSPS) is 12.3.